The van der Waals surface area contributed by atoms with E-state index in [0.717, 1.165) is 45.2 Å². The lowest BCUT2D eigenvalue weighted by atomic mass is 10.1. The average molecular weight is 448 g/mol. The van der Waals surface area contributed by atoms with E-state index >= 15 is 0 Å². The molecular formula is C18H33IN4O. The highest BCUT2D eigenvalue weighted by atomic mass is 127. The summed E-state index contributed by atoms with van der Waals surface area (Å²) in [6.07, 6.45) is 1.06. The Balaban J connectivity index is 0.00000529. The van der Waals surface area contributed by atoms with E-state index in [-0.39, 0.29) is 24.0 Å². The summed E-state index contributed by atoms with van der Waals surface area (Å²) in [7, 11) is 5.68. The number of guanidine groups is 1. The highest BCUT2D eigenvalue weighted by molar-refractivity contribution is 14.0. The molecule has 0 spiro atoms. The molecule has 6 heteroatoms. The summed E-state index contributed by atoms with van der Waals surface area (Å²) in [5.74, 6) is 0.843. The lowest BCUT2D eigenvalue weighted by Crippen LogP contribution is -2.40. The summed E-state index contributed by atoms with van der Waals surface area (Å²) in [6, 6.07) is 6.53. The molecule has 0 aliphatic carbocycles. The normalized spacial score (nSPS) is 11.3. The maximum Gasteiger partial charge on any atom is 0.191 e. The number of hydrogen-bond acceptors (Lipinski definition) is 3. The SMILES string of the molecule is CN=C(NCCN(C)CCCOC)NCc1ccc(C)cc1C.I. The summed E-state index contributed by atoms with van der Waals surface area (Å²) in [5.41, 5.74) is 3.91. The molecule has 138 valence electrons. The molecule has 1 aromatic carbocycles. The minimum absolute atomic E-state index is 0. The van der Waals surface area contributed by atoms with Crippen LogP contribution in [0.25, 0.3) is 0 Å². The van der Waals surface area contributed by atoms with Gasteiger partial charge in [-0.1, -0.05) is 23.8 Å². The Labute approximate surface area is 164 Å². The van der Waals surface area contributed by atoms with Gasteiger partial charge in [-0.05, 0) is 38.4 Å². The molecule has 24 heavy (non-hydrogen) atoms. The lowest BCUT2D eigenvalue weighted by Gasteiger charge is -2.18. The van der Waals surface area contributed by atoms with Crippen LogP contribution in [0.15, 0.2) is 23.2 Å². The van der Waals surface area contributed by atoms with Crippen LogP contribution in [0.1, 0.15) is 23.1 Å². The van der Waals surface area contributed by atoms with Crippen molar-refractivity contribution in [2.45, 2.75) is 26.8 Å². The summed E-state index contributed by atoms with van der Waals surface area (Å²) < 4.78 is 5.07. The van der Waals surface area contributed by atoms with Crippen molar-refractivity contribution in [3.63, 3.8) is 0 Å². The van der Waals surface area contributed by atoms with Gasteiger partial charge in [0.2, 0.25) is 0 Å². The van der Waals surface area contributed by atoms with Crippen LogP contribution in [-0.4, -0.2) is 58.3 Å². The van der Waals surface area contributed by atoms with Crippen LogP contribution < -0.4 is 10.6 Å². The number of nitrogens with one attached hydrogen (secondary N) is 2. The van der Waals surface area contributed by atoms with Crippen molar-refractivity contribution in [1.82, 2.24) is 15.5 Å². The molecule has 0 aliphatic heterocycles. The number of aryl methyl sites for hydroxylation is 2. The van der Waals surface area contributed by atoms with Gasteiger partial charge in [-0.15, -0.1) is 24.0 Å². The average Bonchev–Trinajstić information content (AvgIpc) is 2.52. The van der Waals surface area contributed by atoms with Crippen LogP contribution in [0.3, 0.4) is 0 Å². The molecule has 1 rings (SSSR count). The fraction of sp³-hybridized carbons (Fsp3) is 0.611. The number of nitrogens with zero attached hydrogens (tertiary/aromatic N) is 2. The van der Waals surface area contributed by atoms with Crippen molar-refractivity contribution in [2.24, 2.45) is 4.99 Å². The molecule has 0 unspecified atom stereocenters. The number of rotatable bonds is 9. The monoisotopic (exact) mass is 448 g/mol. The first-order valence-electron chi connectivity index (χ1n) is 8.25. The van der Waals surface area contributed by atoms with Crippen LogP contribution in [0, 0.1) is 13.8 Å². The Morgan fingerprint density at radius 2 is 1.96 bits per heavy atom. The van der Waals surface area contributed by atoms with Crippen molar-refractivity contribution < 1.29 is 4.74 Å². The van der Waals surface area contributed by atoms with Gasteiger partial charge in [0.15, 0.2) is 5.96 Å². The van der Waals surface area contributed by atoms with E-state index in [4.69, 9.17) is 4.74 Å². The van der Waals surface area contributed by atoms with Crippen LogP contribution in [0.2, 0.25) is 0 Å². The molecule has 0 fully saturated rings. The van der Waals surface area contributed by atoms with E-state index in [1.165, 1.54) is 16.7 Å². The molecule has 0 atom stereocenters. The van der Waals surface area contributed by atoms with Gasteiger partial charge < -0.3 is 20.3 Å². The highest BCUT2D eigenvalue weighted by Crippen LogP contribution is 2.09. The molecule has 0 saturated heterocycles. The number of aliphatic imine (C=N–C) groups is 1. The minimum Gasteiger partial charge on any atom is -0.385 e. The Hall–Kier alpha value is -0.860. The van der Waals surface area contributed by atoms with Gasteiger partial charge in [-0.25, -0.2) is 0 Å². The first-order valence-corrected chi connectivity index (χ1v) is 8.25. The predicted octanol–water partition coefficient (Wildman–Crippen LogP) is 2.55. The number of hydrogen-bond donors (Lipinski definition) is 2. The third-order valence-corrected chi connectivity index (χ3v) is 3.84. The summed E-state index contributed by atoms with van der Waals surface area (Å²) in [4.78, 5) is 6.57. The second kappa shape index (κ2) is 13.4. The molecule has 0 aromatic heterocycles. The Bertz CT molecular complexity index is 494. The molecule has 5 nitrogen and oxygen atoms in total. The fourth-order valence-electron chi connectivity index (χ4n) is 2.40. The van der Waals surface area contributed by atoms with Crippen LogP contribution in [-0.2, 0) is 11.3 Å². The molecule has 2 N–H and O–H groups in total. The third-order valence-electron chi connectivity index (χ3n) is 3.84. The molecule has 1 aromatic rings. The number of halogens is 1. The van der Waals surface area contributed by atoms with Crippen LogP contribution in [0.5, 0.6) is 0 Å². The molecule has 0 aliphatic rings. The van der Waals surface area contributed by atoms with Gasteiger partial charge in [-0.2, -0.15) is 0 Å². The van der Waals surface area contributed by atoms with E-state index in [1.54, 1.807) is 14.2 Å². The maximum atomic E-state index is 5.07. The largest absolute Gasteiger partial charge is 0.385 e. The lowest BCUT2D eigenvalue weighted by molar-refractivity contribution is 0.180. The van der Waals surface area contributed by atoms with E-state index in [1.807, 2.05) is 0 Å². The van der Waals surface area contributed by atoms with Crippen LogP contribution >= 0.6 is 24.0 Å². The molecular weight excluding hydrogens is 415 g/mol. The fourth-order valence-corrected chi connectivity index (χ4v) is 2.40. The Morgan fingerprint density at radius 1 is 1.21 bits per heavy atom. The third kappa shape index (κ3) is 9.44. The van der Waals surface area contributed by atoms with Crippen molar-refractivity contribution in [3.05, 3.63) is 34.9 Å². The van der Waals surface area contributed by atoms with Crippen LogP contribution in [0.4, 0.5) is 0 Å². The van der Waals surface area contributed by atoms with Gasteiger partial charge in [0.05, 0.1) is 0 Å². The zero-order valence-corrected chi connectivity index (χ0v) is 18.0. The number of benzene rings is 1. The van der Waals surface area contributed by atoms with Crippen molar-refractivity contribution >= 4 is 29.9 Å². The number of ether oxygens (including phenoxy) is 1. The van der Waals surface area contributed by atoms with Gasteiger partial charge >= 0.3 is 0 Å². The molecule has 0 amide bonds. The summed E-state index contributed by atoms with van der Waals surface area (Å²) in [5, 5.41) is 6.73. The standard InChI is InChI=1S/C18H32N4O.HI/c1-15-7-8-17(16(2)13-15)14-21-18(19-3)20-9-11-22(4)10-6-12-23-5;/h7-8,13H,6,9-12,14H2,1-5H3,(H2,19,20,21);1H. The Morgan fingerprint density at radius 3 is 2.58 bits per heavy atom. The van der Waals surface area contributed by atoms with Gasteiger partial charge in [0.1, 0.15) is 0 Å². The Kier molecular flexibility index (Phi) is 13.0. The predicted molar refractivity (Wildman–Crippen MR) is 114 cm³/mol. The van der Waals surface area contributed by atoms with E-state index in [2.05, 4.69) is 59.6 Å². The molecule has 0 bridgehead atoms. The second-order valence-corrected chi connectivity index (χ2v) is 5.93. The van der Waals surface area contributed by atoms with Crippen molar-refractivity contribution in [3.8, 4) is 0 Å². The zero-order valence-electron chi connectivity index (χ0n) is 15.7. The zero-order chi connectivity index (χ0) is 17.1. The van der Waals surface area contributed by atoms with Gasteiger partial charge in [0.25, 0.3) is 0 Å². The summed E-state index contributed by atoms with van der Waals surface area (Å²) in [6.45, 7) is 8.77. The smallest absolute Gasteiger partial charge is 0.191 e. The first-order chi connectivity index (χ1) is 11.1. The molecule has 0 radical (unpaired) electrons. The van der Waals surface area contributed by atoms with E-state index in [9.17, 15) is 0 Å². The number of likely N-dealkylation sites (N-methyl/N-ethyl adjacent to an activating group) is 1. The van der Waals surface area contributed by atoms with Gasteiger partial charge in [-0.3, -0.25) is 4.99 Å². The van der Waals surface area contributed by atoms with Crippen molar-refractivity contribution in [1.29, 1.82) is 0 Å². The quantitative estimate of drug-likeness (QED) is 0.264. The topological polar surface area (TPSA) is 48.9 Å². The molecule has 0 heterocycles. The van der Waals surface area contributed by atoms with Crippen molar-refractivity contribution in [2.75, 3.05) is 47.4 Å². The molecule has 0 saturated carbocycles. The second-order valence-electron chi connectivity index (χ2n) is 5.93. The minimum atomic E-state index is 0. The van der Waals surface area contributed by atoms with Gasteiger partial charge in [0, 0.05) is 46.9 Å². The summed E-state index contributed by atoms with van der Waals surface area (Å²) >= 11 is 0. The first kappa shape index (κ1) is 23.1. The number of methoxy groups -OCH3 is 1. The van der Waals surface area contributed by atoms with E-state index in [0.29, 0.717) is 0 Å². The highest BCUT2D eigenvalue weighted by Gasteiger charge is 2.02. The van der Waals surface area contributed by atoms with E-state index < -0.39 is 0 Å². The maximum absolute atomic E-state index is 5.07.